The van der Waals surface area contributed by atoms with E-state index in [1.807, 2.05) is 19.1 Å². The van der Waals surface area contributed by atoms with E-state index < -0.39 is 24.5 Å². The van der Waals surface area contributed by atoms with Crippen LogP contribution in [0.3, 0.4) is 0 Å². The Morgan fingerprint density at radius 2 is 1.68 bits per heavy atom. The molecule has 0 saturated carbocycles. The van der Waals surface area contributed by atoms with E-state index in [1.54, 1.807) is 12.1 Å². The molecule has 0 aliphatic rings. The molecule has 7 nitrogen and oxygen atoms in total. The molecule has 1 rings (SSSR count). The Labute approximate surface area is 110 Å². The quantitative estimate of drug-likeness (QED) is 0.614. The Morgan fingerprint density at radius 1 is 1.05 bits per heavy atom. The maximum absolute atomic E-state index is 11.4. The summed E-state index contributed by atoms with van der Waals surface area (Å²) in [6, 6.07) is 6.62. The normalized spacial score (nSPS) is 9.53. The van der Waals surface area contributed by atoms with Crippen molar-refractivity contribution in [3.05, 3.63) is 29.8 Å². The van der Waals surface area contributed by atoms with Gasteiger partial charge >= 0.3 is 12.0 Å². The minimum atomic E-state index is -1.14. The van der Waals surface area contributed by atoms with E-state index >= 15 is 0 Å². The average Bonchev–Trinajstić information content (AvgIpc) is 2.36. The summed E-state index contributed by atoms with van der Waals surface area (Å²) in [6.45, 7) is 1.17. The smallest absolute Gasteiger partial charge is 0.322 e. The van der Waals surface area contributed by atoms with Gasteiger partial charge in [0, 0.05) is 5.69 Å². The van der Waals surface area contributed by atoms with E-state index in [-0.39, 0.29) is 6.54 Å². The number of urea groups is 1. The lowest BCUT2D eigenvalue weighted by atomic mass is 10.2. The number of carbonyl (C=O) groups excluding carboxylic acids is 2. The van der Waals surface area contributed by atoms with Crippen molar-refractivity contribution in [2.24, 2.45) is 0 Å². The van der Waals surface area contributed by atoms with Crippen molar-refractivity contribution in [3.63, 3.8) is 0 Å². The minimum Gasteiger partial charge on any atom is -0.480 e. The van der Waals surface area contributed by atoms with E-state index in [1.165, 1.54) is 0 Å². The summed E-state index contributed by atoms with van der Waals surface area (Å²) in [5.74, 6) is -1.71. The third-order valence-corrected chi connectivity index (χ3v) is 2.16. The number of benzene rings is 1. The summed E-state index contributed by atoms with van der Waals surface area (Å²) in [5, 5.41) is 15.3. The second-order valence-corrected chi connectivity index (χ2v) is 3.84. The first-order chi connectivity index (χ1) is 8.97. The third kappa shape index (κ3) is 6.06. The maximum Gasteiger partial charge on any atom is 0.322 e. The highest BCUT2D eigenvalue weighted by atomic mass is 16.4. The first-order valence-electron chi connectivity index (χ1n) is 5.57. The fraction of sp³-hybridized carbons (Fsp3) is 0.250. The predicted octanol–water partition coefficient (Wildman–Crippen LogP) is 0.317. The van der Waals surface area contributed by atoms with Crippen LogP contribution >= 0.6 is 0 Å². The molecular weight excluding hydrogens is 250 g/mol. The van der Waals surface area contributed by atoms with Crippen LogP contribution in [0.1, 0.15) is 5.56 Å². The zero-order valence-electron chi connectivity index (χ0n) is 10.4. The van der Waals surface area contributed by atoms with Crippen molar-refractivity contribution < 1.29 is 19.5 Å². The maximum atomic E-state index is 11.4. The molecule has 7 heteroatoms. The lowest BCUT2D eigenvalue weighted by molar-refractivity contribution is -0.137. The van der Waals surface area contributed by atoms with E-state index in [2.05, 4.69) is 16.0 Å². The zero-order chi connectivity index (χ0) is 14.3. The van der Waals surface area contributed by atoms with Gasteiger partial charge in [-0.25, -0.2) is 4.79 Å². The highest BCUT2D eigenvalue weighted by Gasteiger charge is 2.06. The molecule has 0 saturated heterocycles. The van der Waals surface area contributed by atoms with Crippen LogP contribution in [-0.4, -0.2) is 36.1 Å². The fourth-order valence-corrected chi connectivity index (χ4v) is 1.21. The number of aliphatic carboxylic acids is 1. The number of carboxylic acid groups (broad SMARTS) is 1. The number of amides is 3. The molecular formula is C12H15N3O4. The molecule has 0 heterocycles. The van der Waals surface area contributed by atoms with Crippen LogP contribution in [-0.2, 0) is 9.59 Å². The summed E-state index contributed by atoms with van der Waals surface area (Å²) in [4.78, 5) is 32.7. The lowest BCUT2D eigenvalue weighted by Crippen LogP contribution is -2.40. The number of hydrogen-bond acceptors (Lipinski definition) is 3. The van der Waals surface area contributed by atoms with E-state index in [0.717, 1.165) is 5.56 Å². The molecule has 4 N–H and O–H groups in total. The molecule has 1 aromatic rings. The number of anilines is 1. The molecule has 0 unspecified atom stereocenters. The average molecular weight is 265 g/mol. The Morgan fingerprint density at radius 3 is 2.26 bits per heavy atom. The van der Waals surface area contributed by atoms with Crippen LogP contribution in [0.4, 0.5) is 10.5 Å². The summed E-state index contributed by atoms with van der Waals surface area (Å²) in [5.41, 5.74) is 1.67. The Hall–Kier alpha value is -2.57. The second-order valence-electron chi connectivity index (χ2n) is 3.84. The Bertz CT molecular complexity index is 470. The van der Waals surface area contributed by atoms with Gasteiger partial charge in [0.1, 0.15) is 6.54 Å². The van der Waals surface area contributed by atoms with Gasteiger partial charge in [-0.2, -0.15) is 0 Å². The molecule has 19 heavy (non-hydrogen) atoms. The summed E-state index contributed by atoms with van der Waals surface area (Å²) < 4.78 is 0. The number of hydrogen-bond donors (Lipinski definition) is 4. The molecule has 0 aliphatic heterocycles. The highest BCUT2D eigenvalue weighted by molar-refractivity contribution is 5.92. The van der Waals surface area contributed by atoms with Crippen molar-refractivity contribution in [1.29, 1.82) is 0 Å². The van der Waals surface area contributed by atoms with Crippen LogP contribution in [0.2, 0.25) is 0 Å². The summed E-state index contributed by atoms with van der Waals surface area (Å²) >= 11 is 0. The molecule has 0 bridgehead atoms. The fourth-order valence-electron chi connectivity index (χ4n) is 1.21. The van der Waals surface area contributed by atoms with Crippen molar-refractivity contribution in [3.8, 4) is 0 Å². The molecule has 0 atom stereocenters. The Kier molecular flexibility index (Phi) is 5.34. The molecule has 0 aromatic heterocycles. The van der Waals surface area contributed by atoms with Crippen molar-refractivity contribution in [1.82, 2.24) is 10.6 Å². The number of carboxylic acids is 1. The molecule has 0 radical (unpaired) electrons. The number of aryl methyl sites for hydroxylation is 1. The van der Waals surface area contributed by atoms with Crippen LogP contribution in [0.5, 0.6) is 0 Å². The van der Waals surface area contributed by atoms with Gasteiger partial charge in [0.2, 0.25) is 5.91 Å². The molecule has 102 valence electrons. The third-order valence-electron chi connectivity index (χ3n) is 2.16. The molecule has 3 amide bonds. The largest absolute Gasteiger partial charge is 0.480 e. The molecule has 0 fully saturated rings. The van der Waals surface area contributed by atoms with Gasteiger partial charge in [-0.3, -0.25) is 9.59 Å². The van der Waals surface area contributed by atoms with Crippen molar-refractivity contribution in [2.75, 3.05) is 18.4 Å². The monoisotopic (exact) mass is 265 g/mol. The van der Waals surface area contributed by atoms with Gasteiger partial charge in [-0.1, -0.05) is 17.7 Å². The van der Waals surface area contributed by atoms with Crippen molar-refractivity contribution in [2.45, 2.75) is 6.92 Å². The number of rotatable bonds is 5. The number of nitrogens with one attached hydrogen (secondary N) is 3. The minimum absolute atomic E-state index is 0.287. The topological polar surface area (TPSA) is 108 Å². The zero-order valence-corrected chi connectivity index (χ0v) is 10.4. The van der Waals surface area contributed by atoms with Crippen LogP contribution in [0.15, 0.2) is 24.3 Å². The van der Waals surface area contributed by atoms with Gasteiger partial charge in [0.15, 0.2) is 0 Å². The lowest BCUT2D eigenvalue weighted by Gasteiger charge is -2.07. The standard InChI is InChI=1S/C12H15N3O4/c1-8-2-4-9(5-3-8)15-12(19)14-6-10(16)13-7-11(17)18/h2-5H,6-7H2,1H3,(H,13,16)(H,17,18)(H2,14,15,19). The summed E-state index contributed by atoms with van der Waals surface area (Å²) in [6.07, 6.45) is 0. The van der Waals surface area contributed by atoms with E-state index in [9.17, 15) is 14.4 Å². The van der Waals surface area contributed by atoms with Crippen LogP contribution in [0.25, 0.3) is 0 Å². The van der Waals surface area contributed by atoms with E-state index in [0.29, 0.717) is 5.69 Å². The first-order valence-corrected chi connectivity index (χ1v) is 5.57. The second kappa shape index (κ2) is 7.00. The van der Waals surface area contributed by atoms with Gasteiger partial charge in [-0.15, -0.1) is 0 Å². The first kappa shape index (κ1) is 14.5. The Balaban J connectivity index is 2.29. The van der Waals surface area contributed by atoms with Crippen LogP contribution in [0, 0.1) is 6.92 Å². The predicted molar refractivity (Wildman–Crippen MR) is 68.8 cm³/mol. The SMILES string of the molecule is Cc1ccc(NC(=O)NCC(=O)NCC(=O)O)cc1. The summed E-state index contributed by atoms with van der Waals surface area (Å²) in [7, 11) is 0. The van der Waals surface area contributed by atoms with E-state index in [4.69, 9.17) is 5.11 Å². The molecule has 0 aliphatic carbocycles. The van der Waals surface area contributed by atoms with Gasteiger partial charge in [0.05, 0.1) is 6.54 Å². The van der Waals surface area contributed by atoms with Gasteiger partial charge in [0.25, 0.3) is 0 Å². The van der Waals surface area contributed by atoms with Crippen LogP contribution < -0.4 is 16.0 Å². The molecule has 1 aromatic carbocycles. The number of carbonyl (C=O) groups is 3. The van der Waals surface area contributed by atoms with Gasteiger partial charge in [-0.05, 0) is 19.1 Å². The van der Waals surface area contributed by atoms with Crippen molar-refractivity contribution >= 4 is 23.6 Å². The highest BCUT2D eigenvalue weighted by Crippen LogP contribution is 2.07. The van der Waals surface area contributed by atoms with Gasteiger partial charge < -0.3 is 21.1 Å². The molecule has 0 spiro atoms.